The van der Waals surface area contributed by atoms with Gasteiger partial charge in [-0.15, -0.1) is 0 Å². The molecular formula is C84H53BN4. The van der Waals surface area contributed by atoms with Crippen LogP contribution in [-0.4, -0.2) is 15.7 Å². The zero-order chi connectivity index (χ0) is 58.3. The number of nitrogens with zero attached hydrogens (tertiary/aromatic N) is 4. The molecule has 2 aliphatic rings. The number of benzene rings is 14. The van der Waals surface area contributed by atoms with Crippen molar-refractivity contribution in [1.29, 1.82) is 0 Å². The Kier molecular flexibility index (Phi) is 10.8. The largest absolute Gasteiger partial charge is 0.309 e. The fourth-order valence-electron chi connectivity index (χ4n) is 15.6. The SMILES string of the molecule is c1ccc(-c2ccc3c(c2)B2c4ccc(-n5c6ccccc6c6ccccc65)cc4N(c4c(-c5ccccc5)cccc4-c4ccccc4)c4c2c(c2c5ccccc5n5c6ccccc6c4c25)N3c2c(-c3ccccc3)cccc2-c2ccccc2)cc1. The smallest absolute Gasteiger partial charge is 0.252 e. The summed E-state index contributed by atoms with van der Waals surface area (Å²) in [7, 11) is 0. The van der Waals surface area contributed by atoms with Crippen molar-refractivity contribution in [2.45, 2.75) is 0 Å². The average Bonchev–Trinajstić information content (AvgIpc) is 1.62. The minimum absolute atomic E-state index is 0.253. The van der Waals surface area contributed by atoms with E-state index >= 15 is 0 Å². The Morgan fingerprint density at radius 1 is 0.247 bits per heavy atom. The van der Waals surface area contributed by atoms with E-state index in [4.69, 9.17) is 0 Å². The number of fused-ring (bicyclic) bond motifs is 15. The molecule has 0 N–H and O–H groups in total. The lowest BCUT2D eigenvalue weighted by Gasteiger charge is -2.46. The molecule has 3 aromatic heterocycles. The van der Waals surface area contributed by atoms with Gasteiger partial charge in [0, 0.05) is 71.6 Å². The number of rotatable bonds is 8. The maximum absolute atomic E-state index is 2.75. The van der Waals surface area contributed by atoms with Crippen LogP contribution in [0.2, 0.25) is 0 Å². The maximum atomic E-state index is 2.75. The highest BCUT2D eigenvalue weighted by Gasteiger charge is 2.48. The van der Waals surface area contributed by atoms with Gasteiger partial charge in [0.15, 0.2) is 0 Å². The third kappa shape index (κ3) is 7.18. The van der Waals surface area contributed by atoms with Crippen molar-refractivity contribution < 1.29 is 0 Å². The van der Waals surface area contributed by atoms with E-state index < -0.39 is 0 Å². The van der Waals surface area contributed by atoms with Gasteiger partial charge in [0.2, 0.25) is 0 Å². The van der Waals surface area contributed by atoms with Crippen molar-refractivity contribution >= 4 is 117 Å². The van der Waals surface area contributed by atoms with Gasteiger partial charge in [-0.25, -0.2) is 0 Å². The van der Waals surface area contributed by atoms with E-state index in [0.717, 1.165) is 72.9 Å². The standard InChI is InChI=1S/C84H53BN4/c1-6-26-54(27-7-1)59-48-51-75-70(52-59)85-69-50-49-60(86-71-44-20-16-36-65(71)66-37-17-21-45-72(66)86)53-76(69)89(81-63(57-32-12-4-13-33-57)42-25-43-64(81)58-34-14-5-15-35-58)84-78-68-39-19-23-47-74(68)87-73-46-22-18-38-67(73)77(82(78)87)83(79(84)85)88(75)80-61(55-28-8-2-9-29-55)40-24-41-62(80)56-30-10-3-11-31-56/h1-53H. The van der Waals surface area contributed by atoms with E-state index in [0.29, 0.717) is 0 Å². The van der Waals surface area contributed by atoms with E-state index in [1.165, 1.54) is 98.8 Å². The highest BCUT2D eigenvalue weighted by atomic mass is 15.2. The monoisotopic (exact) mass is 1130 g/mol. The summed E-state index contributed by atoms with van der Waals surface area (Å²) in [5.74, 6) is 0. The van der Waals surface area contributed by atoms with Gasteiger partial charge in [0.25, 0.3) is 6.71 Å². The van der Waals surface area contributed by atoms with Gasteiger partial charge in [0.05, 0.1) is 50.3 Å². The number of anilines is 6. The fourth-order valence-corrected chi connectivity index (χ4v) is 15.6. The molecule has 0 aliphatic carbocycles. The summed E-state index contributed by atoms with van der Waals surface area (Å²) in [5.41, 5.74) is 29.2. The Labute approximate surface area is 515 Å². The average molecular weight is 1130 g/mol. The molecule has 0 saturated carbocycles. The van der Waals surface area contributed by atoms with Gasteiger partial charge in [-0.05, 0) is 92.2 Å². The third-order valence-electron chi connectivity index (χ3n) is 19.2. The minimum Gasteiger partial charge on any atom is -0.309 e. The summed E-state index contributed by atoms with van der Waals surface area (Å²) in [6.45, 7) is -0.253. The van der Waals surface area contributed by atoms with Crippen LogP contribution in [-0.2, 0) is 0 Å². The molecule has 5 heteroatoms. The molecule has 5 heterocycles. The summed E-state index contributed by atoms with van der Waals surface area (Å²) >= 11 is 0. The molecule has 0 spiro atoms. The first-order valence-electron chi connectivity index (χ1n) is 30.9. The minimum atomic E-state index is -0.253. The van der Waals surface area contributed by atoms with Gasteiger partial charge >= 0.3 is 0 Å². The van der Waals surface area contributed by atoms with Crippen LogP contribution in [0, 0.1) is 0 Å². The quantitative estimate of drug-likeness (QED) is 0.141. The highest BCUT2D eigenvalue weighted by molar-refractivity contribution is 7.01. The van der Waals surface area contributed by atoms with Crippen LogP contribution in [0.4, 0.5) is 34.1 Å². The normalized spacial score (nSPS) is 12.7. The highest BCUT2D eigenvalue weighted by Crippen LogP contribution is 2.59. The lowest BCUT2D eigenvalue weighted by Crippen LogP contribution is -2.61. The molecule has 0 radical (unpaired) electrons. The van der Waals surface area contributed by atoms with Gasteiger partial charge in [-0.2, -0.15) is 0 Å². The second-order valence-electron chi connectivity index (χ2n) is 23.8. The Balaban J connectivity index is 1.07. The van der Waals surface area contributed by atoms with Crippen molar-refractivity contribution in [3.05, 3.63) is 322 Å². The van der Waals surface area contributed by atoms with Gasteiger partial charge in [-0.3, -0.25) is 0 Å². The first-order valence-corrected chi connectivity index (χ1v) is 30.9. The second-order valence-corrected chi connectivity index (χ2v) is 23.8. The Morgan fingerprint density at radius 2 is 0.640 bits per heavy atom. The van der Waals surface area contributed by atoms with Crippen LogP contribution in [0.25, 0.3) is 121 Å². The van der Waals surface area contributed by atoms with Crippen LogP contribution < -0.4 is 26.2 Å². The summed E-state index contributed by atoms with van der Waals surface area (Å²) < 4.78 is 5.09. The summed E-state index contributed by atoms with van der Waals surface area (Å²) in [4.78, 5) is 5.47. The first-order chi connectivity index (χ1) is 44.2. The molecule has 2 aliphatic heterocycles. The van der Waals surface area contributed by atoms with Crippen molar-refractivity contribution in [3.8, 4) is 61.3 Å². The van der Waals surface area contributed by atoms with Crippen LogP contribution in [0.15, 0.2) is 322 Å². The third-order valence-corrected chi connectivity index (χ3v) is 19.2. The summed E-state index contributed by atoms with van der Waals surface area (Å²) in [5, 5.41) is 7.36. The fraction of sp³-hybridized carbons (Fsp3) is 0. The van der Waals surface area contributed by atoms with E-state index in [9.17, 15) is 0 Å². The van der Waals surface area contributed by atoms with E-state index in [-0.39, 0.29) is 6.71 Å². The number of para-hydroxylation sites is 6. The molecular weight excluding hydrogens is 1080 g/mol. The van der Waals surface area contributed by atoms with Gasteiger partial charge < -0.3 is 18.8 Å². The van der Waals surface area contributed by atoms with E-state index in [2.05, 4.69) is 340 Å². The maximum Gasteiger partial charge on any atom is 0.252 e. The lowest BCUT2D eigenvalue weighted by molar-refractivity contribution is 1.17. The number of hydrogen-bond donors (Lipinski definition) is 0. The van der Waals surface area contributed by atoms with Gasteiger partial charge in [0.1, 0.15) is 0 Å². The topological polar surface area (TPSA) is 15.8 Å². The molecule has 0 saturated heterocycles. The molecule has 4 nitrogen and oxygen atoms in total. The Bertz CT molecular complexity index is 5510. The molecule has 0 unspecified atom stereocenters. The molecule has 0 bridgehead atoms. The second kappa shape index (κ2) is 19.4. The molecule has 14 aromatic carbocycles. The summed E-state index contributed by atoms with van der Waals surface area (Å²) in [6.07, 6.45) is 0. The zero-order valence-electron chi connectivity index (χ0n) is 48.5. The van der Waals surface area contributed by atoms with Gasteiger partial charge in [-0.1, -0.05) is 279 Å². The molecule has 89 heavy (non-hydrogen) atoms. The molecule has 0 amide bonds. The van der Waals surface area contributed by atoms with Crippen LogP contribution in [0.3, 0.4) is 0 Å². The van der Waals surface area contributed by atoms with Crippen molar-refractivity contribution in [1.82, 2.24) is 8.97 Å². The van der Waals surface area contributed by atoms with Crippen molar-refractivity contribution in [2.24, 2.45) is 0 Å². The Morgan fingerprint density at radius 3 is 1.10 bits per heavy atom. The number of hydrogen-bond acceptors (Lipinski definition) is 2. The predicted octanol–water partition coefficient (Wildman–Crippen LogP) is 20.4. The molecule has 17 aromatic rings. The first kappa shape index (κ1) is 49.6. The van der Waals surface area contributed by atoms with Crippen LogP contribution >= 0.6 is 0 Å². The molecule has 0 atom stereocenters. The zero-order valence-corrected chi connectivity index (χ0v) is 48.5. The molecule has 412 valence electrons. The predicted molar refractivity (Wildman–Crippen MR) is 377 cm³/mol. The van der Waals surface area contributed by atoms with Crippen molar-refractivity contribution in [2.75, 3.05) is 9.80 Å². The van der Waals surface area contributed by atoms with Crippen molar-refractivity contribution in [3.63, 3.8) is 0 Å². The van der Waals surface area contributed by atoms with E-state index in [1.807, 2.05) is 0 Å². The van der Waals surface area contributed by atoms with E-state index in [1.54, 1.807) is 0 Å². The van der Waals surface area contributed by atoms with Crippen LogP contribution in [0.1, 0.15) is 0 Å². The number of aromatic nitrogens is 2. The molecule has 0 fully saturated rings. The lowest BCUT2D eigenvalue weighted by atomic mass is 9.33. The Hall–Kier alpha value is -11.7. The molecule has 19 rings (SSSR count). The summed E-state index contributed by atoms with van der Waals surface area (Å²) in [6, 6.07) is 120. The van der Waals surface area contributed by atoms with Crippen LogP contribution in [0.5, 0.6) is 0 Å².